The Bertz CT molecular complexity index is 636. The van der Waals surface area contributed by atoms with Gasteiger partial charge in [-0.05, 0) is 50.3 Å². The molecule has 110 valence electrons. The van der Waals surface area contributed by atoms with Crippen LogP contribution in [0.1, 0.15) is 43.4 Å². The average molecular weight is 286 g/mol. The second kappa shape index (κ2) is 5.27. The summed E-state index contributed by atoms with van der Waals surface area (Å²) in [6, 6.07) is 3.79. The second-order valence-corrected chi connectivity index (χ2v) is 5.77. The highest BCUT2D eigenvalue weighted by Crippen LogP contribution is 2.39. The molecule has 1 N–H and O–H groups in total. The zero-order chi connectivity index (χ0) is 14.9. The molecule has 0 radical (unpaired) electrons. The van der Waals surface area contributed by atoms with Gasteiger partial charge < -0.3 is 5.11 Å². The third kappa shape index (κ3) is 2.79. The quantitative estimate of drug-likeness (QED) is 0.878. The number of carboxylic acids is 1. The SMILES string of the molecule is CC(CCc1ccncc1)(C(=O)O)n1ncc(C2CC2)n1. The number of rotatable bonds is 6. The number of hydrogen-bond acceptors (Lipinski definition) is 4. The van der Waals surface area contributed by atoms with Gasteiger partial charge in [0.25, 0.3) is 0 Å². The van der Waals surface area contributed by atoms with E-state index in [1.165, 1.54) is 4.80 Å². The van der Waals surface area contributed by atoms with E-state index >= 15 is 0 Å². The molecule has 0 amide bonds. The fraction of sp³-hybridized carbons (Fsp3) is 0.467. The fourth-order valence-corrected chi connectivity index (χ4v) is 2.31. The van der Waals surface area contributed by atoms with Crippen LogP contribution >= 0.6 is 0 Å². The van der Waals surface area contributed by atoms with Gasteiger partial charge in [-0.1, -0.05) is 0 Å². The van der Waals surface area contributed by atoms with Crippen molar-refractivity contribution in [3.8, 4) is 0 Å². The molecule has 1 unspecified atom stereocenters. The number of pyridine rings is 1. The van der Waals surface area contributed by atoms with E-state index in [0.29, 0.717) is 18.8 Å². The van der Waals surface area contributed by atoms with Crippen molar-refractivity contribution in [3.05, 3.63) is 42.0 Å². The standard InChI is InChI=1S/C15H18N4O2/c1-15(14(20)21,7-4-11-5-8-16-9-6-11)19-17-10-13(18-19)12-2-3-12/h5-6,8-10,12H,2-4,7H2,1H3,(H,20,21). The maximum Gasteiger partial charge on any atom is 0.333 e. The van der Waals surface area contributed by atoms with Gasteiger partial charge in [-0.2, -0.15) is 15.0 Å². The van der Waals surface area contributed by atoms with Crippen molar-refractivity contribution >= 4 is 5.97 Å². The summed E-state index contributed by atoms with van der Waals surface area (Å²) in [6.45, 7) is 1.67. The van der Waals surface area contributed by atoms with Crippen LogP contribution in [0.5, 0.6) is 0 Å². The average Bonchev–Trinajstić information content (AvgIpc) is 3.23. The zero-order valence-electron chi connectivity index (χ0n) is 11.9. The summed E-state index contributed by atoms with van der Waals surface area (Å²) < 4.78 is 0. The lowest BCUT2D eigenvalue weighted by Gasteiger charge is -2.23. The Labute approximate surface area is 122 Å². The van der Waals surface area contributed by atoms with Crippen molar-refractivity contribution in [2.24, 2.45) is 0 Å². The van der Waals surface area contributed by atoms with Crippen molar-refractivity contribution in [3.63, 3.8) is 0 Å². The highest BCUT2D eigenvalue weighted by Gasteiger charge is 2.38. The van der Waals surface area contributed by atoms with Crippen molar-refractivity contribution in [1.29, 1.82) is 0 Å². The molecular weight excluding hydrogens is 268 g/mol. The normalized spacial score (nSPS) is 17.4. The molecule has 0 bridgehead atoms. The summed E-state index contributed by atoms with van der Waals surface area (Å²) in [5.74, 6) is -0.438. The molecule has 6 heteroatoms. The van der Waals surface area contributed by atoms with E-state index in [9.17, 15) is 9.90 Å². The first-order valence-electron chi connectivity index (χ1n) is 7.14. The molecule has 2 heterocycles. The Balaban J connectivity index is 1.79. The summed E-state index contributed by atoms with van der Waals surface area (Å²) in [5, 5.41) is 18.2. The van der Waals surface area contributed by atoms with Crippen LogP contribution in [0.3, 0.4) is 0 Å². The lowest BCUT2D eigenvalue weighted by molar-refractivity contribution is -0.148. The Morgan fingerprint density at radius 3 is 2.76 bits per heavy atom. The second-order valence-electron chi connectivity index (χ2n) is 5.77. The van der Waals surface area contributed by atoms with Crippen LogP contribution in [0.25, 0.3) is 0 Å². The van der Waals surface area contributed by atoms with Crippen LogP contribution in [0.2, 0.25) is 0 Å². The van der Waals surface area contributed by atoms with Gasteiger partial charge in [0.1, 0.15) is 0 Å². The molecule has 0 spiro atoms. The Morgan fingerprint density at radius 2 is 2.14 bits per heavy atom. The van der Waals surface area contributed by atoms with Gasteiger partial charge in [0.2, 0.25) is 0 Å². The van der Waals surface area contributed by atoms with Gasteiger partial charge in [-0.3, -0.25) is 4.98 Å². The van der Waals surface area contributed by atoms with E-state index in [2.05, 4.69) is 15.2 Å². The molecule has 1 aliphatic rings. The minimum atomic E-state index is -1.13. The first-order chi connectivity index (χ1) is 10.1. The number of aliphatic carboxylic acids is 1. The summed E-state index contributed by atoms with van der Waals surface area (Å²) in [6.07, 6.45) is 8.45. The summed E-state index contributed by atoms with van der Waals surface area (Å²) in [7, 11) is 0. The van der Waals surface area contributed by atoms with E-state index in [-0.39, 0.29) is 0 Å². The summed E-state index contributed by atoms with van der Waals surface area (Å²) >= 11 is 0. The number of carbonyl (C=O) groups is 1. The minimum Gasteiger partial charge on any atom is -0.479 e. The molecule has 0 aromatic carbocycles. The van der Waals surface area contributed by atoms with Crippen LogP contribution in [0.15, 0.2) is 30.7 Å². The molecule has 21 heavy (non-hydrogen) atoms. The molecule has 1 atom stereocenters. The topological polar surface area (TPSA) is 80.9 Å². The molecule has 1 fully saturated rings. The van der Waals surface area contributed by atoms with E-state index in [4.69, 9.17) is 0 Å². The highest BCUT2D eigenvalue weighted by atomic mass is 16.4. The number of aryl methyl sites for hydroxylation is 1. The first-order valence-corrected chi connectivity index (χ1v) is 7.14. The van der Waals surface area contributed by atoms with E-state index in [0.717, 1.165) is 24.1 Å². The van der Waals surface area contributed by atoms with Gasteiger partial charge >= 0.3 is 5.97 Å². The van der Waals surface area contributed by atoms with Crippen LogP contribution in [-0.4, -0.2) is 31.1 Å². The predicted octanol–water partition coefficient (Wildman–Crippen LogP) is 1.98. The molecule has 6 nitrogen and oxygen atoms in total. The van der Waals surface area contributed by atoms with E-state index < -0.39 is 11.5 Å². The van der Waals surface area contributed by atoms with E-state index in [1.807, 2.05) is 12.1 Å². The van der Waals surface area contributed by atoms with Crippen molar-refractivity contribution < 1.29 is 9.90 Å². The minimum absolute atomic E-state index is 0.436. The van der Waals surface area contributed by atoms with Gasteiger partial charge in [0.15, 0.2) is 5.54 Å². The predicted molar refractivity (Wildman–Crippen MR) is 75.8 cm³/mol. The molecule has 0 saturated heterocycles. The van der Waals surface area contributed by atoms with Gasteiger partial charge in [-0.25, -0.2) is 4.79 Å². The fourth-order valence-electron chi connectivity index (χ4n) is 2.31. The highest BCUT2D eigenvalue weighted by molar-refractivity contribution is 5.75. The first kappa shape index (κ1) is 13.7. The van der Waals surface area contributed by atoms with Crippen molar-refractivity contribution in [2.45, 2.75) is 44.1 Å². The number of hydrogen-bond donors (Lipinski definition) is 1. The molecule has 2 aromatic rings. The number of aromatic nitrogens is 4. The van der Waals surface area contributed by atoms with Crippen LogP contribution in [0, 0.1) is 0 Å². The maximum atomic E-state index is 11.7. The van der Waals surface area contributed by atoms with Gasteiger partial charge in [0, 0.05) is 18.3 Å². The molecule has 2 aromatic heterocycles. The van der Waals surface area contributed by atoms with Crippen molar-refractivity contribution in [2.75, 3.05) is 0 Å². The largest absolute Gasteiger partial charge is 0.479 e. The third-order valence-corrected chi connectivity index (χ3v) is 4.06. The monoisotopic (exact) mass is 286 g/mol. The Morgan fingerprint density at radius 1 is 1.43 bits per heavy atom. The summed E-state index contributed by atoms with van der Waals surface area (Å²) in [4.78, 5) is 17.1. The molecule has 0 aliphatic heterocycles. The zero-order valence-corrected chi connectivity index (χ0v) is 11.9. The third-order valence-electron chi connectivity index (χ3n) is 4.06. The lowest BCUT2D eigenvalue weighted by Crippen LogP contribution is -2.41. The maximum absolute atomic E-state index is 11.7. The van der Waals surface area contributed by atoms with Crippen LogP contribution in [-0.2, 0) is 16.8 Å². The van der Waals surface area contributed by atoms with Gasteiger partial charge in [-0.15, -0.1) is 0 Å². The number of carboxylic acid groups (broad SMARTS) is 1. The molecule has 3 rings (SSSR count). The smallest absolute Gasteiger partial charge is 0.333 e. The number of nitrogens with zero attached hydrogens (tertiary/aromatic N) is 4. The van der Waals surface area contributed by atoms with E-state index in [1.54, 1.807) is 25.5 Å². The van der Waals surface area contributed by atoms with Gasteiger partial charge in [0.05, 0.1) is 11.9 Å². The Kier molecular flexibility index (Phi) is 3.45. The lowest BCUT2D eigenvalue weighted by atomic mass is 9.94. The van der Waals surface area contributed by atoms with Crippen LogP contribution in [0.4, 0.5) is 0 Å². The Hall–Kier alpha value is -2.24. The van der Waals surface area contributed by atoms with Crippen molar-refractivity contribution in [1.82, 2.24) is 20.0 Å². The molecule has 1 aliphatic carbocycles. The molecule has 1 saturated carbocycles. The van der Waals surface area contributed by atoms with Crippen LogP contribution < -0.4 is 0 Å². The summed E-state index contributed by atoms with van der Waals surface area (Å²) in [5.41, 5.74) is 0.842. The molecular formula is C15H18N4O2.